The Balaban J connectivity index is 2.87. The predicted molar refractivity (Wildman–Crippen MR) is 81.5 cm³/mol. The summed E-state index contributed by atoms with van der Waals surface area (Å²) in [7, 11) is -3.32. The molecule has 5 nitrogen and oxygen atoms in total. The lowest BCUT2D eigenvalue weighted by Gasteiger charge is -2.30. The summed E-state index contributed by atoms with van der Waals surface area (Å²) in [5.74, 6) is 0.363. The zero-order chi connectivity index (χ0) is 15.1. The van der Waals surface area contributed by atoms with Gasteiger partial charge in [-0.3, -0.25) is 0 Å². The molecule has 0 atom stereocenters. The van der Waals surface area contributed by atoms with Crippen molar-refractivity contribution in [2.45, 2.75) is 44.0 Å². The zero-order valence-electron chi connectivity index (χ0n) is 12.3. The van der Waals surface area contributed by atoms with Crippen LogP contribution in [0.15, 0.2) is 23.1 Å². The lowest BCUT2D eigenvalue weighted by Crippen LogP contribution is -2.29. The maximum Gasteiger partial charge on any atom is 0.201 e. The van der Waals surface area contributed by atoms with Gasteiger partial charge >= 0.3 is 0 Å². The van der Waals surface area contributed by atoms with Crippen LogP contribution in [0.4, 0.5) is 5.95 Å². The van der Waals surface area contributed by atoms with Crippen molar-refractivity contribution in [2.24, 2.45) is 0 Å². The summed E-state index contributed by atoms with van der Waals surface area (Å²) < 4.78 is 25.7. The van der Waals surface area contributed by atoms with E-state index in [1.54, 1.807) is 12.1 Å². The summed E-state index contributed by atoms with van der Waals surface area (Å²) >= 11 is 0. The molecule has 1 aromatic carbocycles. The van der Waals surface area contributed by atoms with Crippen molar-refractivity contribution in [1.29, 1.82) is 0 Å². The van der Waals surface area contributed by atoms with Gasteiger partial charge in [-0.05, 0) is 31.9 Å². The van der Waals surface area contributed by atoms with E-state index in [0.717, 1.165) is 18.4 Å². The van der Waals surface area contributed by atoms with Crippen molar-refractivity contribution >= 4 is 26.8 Å². The van der Waals surface area contributed by atoms with Crippen LogP contribution in [0.5, 0.6) is 0 Å². The van der Waals surface area contributed by atoms with Gasteiger partial charge in [-0.1, -0.05) is 19.9 Å². The predicted octanol–water partition coefficient (Wildman–Crippen LogP) is 2.56. The van der Waals surface area contributed by atoms with Gasteiger partial charge in [-0.25, -0.2) is 13.4 Å². The average Bonchev–Trinajstić information content (AvgIpc) is 2.72. The summed E-state index contributed by atoms with van der Waals surface area (Å²) in [6.45, 7) is 6.29. The fraction of sp³-hybridized carbons (Fsp3) is 0.500. The number of imidazole rings is 1. The van der Waals surface area contributed by atoms with Gasteiger partial charge in [0.05, 0.1) is 10.4 Å². The number of nitrogens with zero attached hydrogens (tertiary/aromatic N) is 2. The second-order valence-electron chi connectivity index (χ2n) is 5.41. The van der Waals surface area contributed by atoms with Crippen molar-refractivity contribution in [3.63, 3.8) is 0 Å². The number of hydrogen-bond acceptors (Lipinski definition) is 4. The molecule has 1 aromatic heterocycles. The second kappa shape index (κ2) is 4.77. The van der Waals surface area contributed by atoms with Crippen LogP contribution >= 0.6 is 0 Å². The molecule has 2 N–H and O–H groups in total. The second-order valence-corrected chi connectivity index (χ2v) is 7.39. The van der Waals surface area contributed by atoms with E-state index in [-0.39, 0.29) is 10.4 Å². The highest BCUT2D eigenvalue weighted by molar-refractivity contribution is 7.91. The number of para-hydroxylation sites is 1. The Labute approximate surface area is 119 Å². The topological polar surface area (TPSA) is 78.0 Å². The molecule has 0 unspecified atom stereocenters. The Morgan fingerprint density at radius 2 is 1.90 bits per heavy atom. The van der Waals surface area contributed by atoms with Crippen LogP contribution in [0, 0.1) is 0 Å². The van der Waals surface area contributed by atoms with Crippen LogP contribution in [0.25, 0.3) is 11.0 Å². The molecule has 0 aliphatic rings. The first-order valence-corrected chi connectivity index (χ1v) is 8.61. The number of aromatic nitrogens is 2. The summed E-state index contributed by atoms with van der Waals surface area (Å²) in [6.07, 6.45) is 2.97. The van der Waals surface area contributed by atoms with Crippen molar-refractivity contribution in [3.8, 4) is 0 Å². The largest absolute Gasteiger partial charge is 0.369 e. The number of anilines is 1. The van der Waals surface area contributed by atoms with E-state index in [1.807, 2.05) is 10.6 Å². The van der Waals surface area contributed by atoms with Gasteiger partial charge in [0.15, 0.2) is 9.84 Å². The number of sulfone groups is 1. The molecule has 1 heterocycles. The maximum atomic E-state index is 11.9. The standard InChI is InChI=1S/C14H21N3O2S/c1-5-14(3,6-2)17-10-8-7-9-11(20(4,18)19)12(10)16-13(17)15/h7-9H,5-6H2,1-4H3,(H2,15,16). The number of nitrogen functional groups attached to an aromatic ring is 1. The molecule has 0 aliphatic carbocycles. The minimum Gasteiger partial charge on any atom is -0.369 e. The Morgan fingerprint density at radius 3 is 2.40 bits per heavy atom. The highest BCUT2D eigenvalue weighted by Gasteiger charge is 2.28. The van der Waals surface area contributed by atoms with Crippen molar-refractivity contribution in [1.82, 2.24) is 9.55 Å². The quantitative estimate of drug-likeness (QED) is 0.940. The van der Waals surface area contributed by atoms with Gasteiger partial charge in [0, 0.05) is 11.8 Å². The van der Waals surface area contributed by atoms with Gasteiger partial charge < -0.3 is 10.3 Å². The van der Waals surface area contributed by atoms with Gasteiger partial charge in [0.1, 0.15) is 5.52 Å². The number of benzene rings is 1. The Kier molecular flexibility index (Phi) is 3.54. The summed E-state index contributed by atoms with van der Waals surface area (Å²) in [5, 5.41) is 0. The third-order valence-electron chi connectivity index (χ3n) is 4.14. The minimum absolute atomic E-state index is 0.172. The molecule has 0 amide bonds. The van der Waals surface area contributed by atoms with E-state index in [1.165, 1.54) is 6.26 Å². The van der Waals surface area contributed by atoms with Crippen LogP contribution in [-0.4, -0.2) is 24.2 Å². The third kappa shape index (κ3) is 2.18. The van der Waals surface area contributed by atoms with E-state index in [2.05, 4.69) is 25.8 Å². The monoisotopic (exact) mass is 295 g/mol. The molecule has 0 spiro atoms. The maximum absolute atomic E-state index is 11.9. The molecule has 0 saturated heterocycles. The number of nitrogens with two attached hydrogens (primary N) is 1. The van der Waals surface area contributed by atoms with Crippen LogP contribution in [0.2, 0.25) is 0 Å². The fourth-order valence-electron chi connectivity index (χ4n) is 2.52. The molecule has 2 rings (SSSR count). The highest BCUT2D eigenvalue weighted by Crippen LogP contribution is 2.34. The Morgan fingerprint density at radius 1 is 1.30 bits per heavy atom. The van der Waals surface area contributed by atoms with Gasteiger partial charge in [0.25, 0.3) is 0 Å². The first kappa shape index (κ1) is 14.8. The van der Waals surface area contributed by atoms with E-state index in [9.17, 15) is 8.42 Å². The number of hydrogen-bond donors (Lipinski definition) is 1. The molecule has 0 aliphatic heterocycles. The van der Waals surface area contributed by atoms with Crippen LogP contribution in [0.1, 0.15) is 33.6 Å². The van der Waals surface area contributed by atoms with Crippen molar-refractivity contribution in [2.75, 3.05) is 12.0 Å². The Bertz CT molecular complexity index is 743. The van der Waals surface area contributed by atoms with Crippen LogP contribution in [0.3, 0.4) is 0 Å². The molecule has 0 bridgehead atoms. The number of rotatable bonds is 4. The first-order chi connectivity index (χ1) is 9.24. The van der Waals surface area contributed by atoms with Crippen molar-refractivity contribution < 1.29 is 8.42 Å². The van der Waals surface area contributed by atoms with E-state index < -0.39 is 9.84 Å². The van der Waals surface area contributed by atoms with Crippen molar-refractivity contribution in [3.05, 3.63) is 18.2 Å². The van der Waals surface area contributed by atoms with Crippen LogP contribution in [-0.2, 0) is 15.4 Å². The molecule has 20 heavy (non-hydrogen) atoms. The van der Waals surface area contributed by atoms with E-state index >= 15 is 0 Å². The smallest absolute Gasteiger partial charge is 0.201 e. The lowest BCUT2D eigenvalue weighted by molar-refractivity contribution is 0.307. The van der Waals surface area contributed by atoms with Gasteiger partial charge in [-0.2, -0.15) is 0 Å². The summed E-state index contributed by atoms with van der Waals surface area (Å²) in [5.41, 5.74) is 7.12. The normalized spacial score (nSPS) is 13.0. The molecule has 110 valence electrons. The van der Waals surface area contributed by atoms with Gasteiger partial charge in [-0.15, -0.1) is 0 Å². The Hall–Kier alpha value is -1.56. The van der Waals surface area contributed by atoms with Crippen LogP contribution < -0.4 is 5.73 Å². The molecule has 2 aromatic rings. The third-order valence-corrected chi connectivity index (χ3v) is 5.27. The zero-order valence-corrected chi connectivity index (χ0v) is 13.2. The molecule has 0 saturated carbocycles. The molecule has 0 radical (unpaired) electrons. The highest BCUT2D eigenvalue weighted by atomic mass is 32.2. The summed E-state index contributed by atoms with van der Waals surface area (Å²) in [4.78, 5) is 4.53. The minimum atomic E-state index is -3.32. The van der Waals surface area contributed by atoms with E-state index in [0.29, 0.717) is 11.5 Å². The average molecular weight is 295 g/mol. The molecule has 6 heteroatoms. The van der Waals surface area contributed by atoms with E-state index in [4.69, 9.17) is 5.73 Å². The SMILES string of the molecule is CCC(C)(CC)n1c(N)nc2c(S(C)(=O)=O)cccc21. The van der Waals surface area contributed by atoms with Gasteiger partial charge in [0.2, 0.25) is 5.95 Å². The molecule has 0 fully saturated rings. The molecular formula is C14H21N3O2S. The molecular weight excluding hydrogens is 274 g/mol. The summed E-state index contributed by atoms with van der Waals surface area (Å²) in [6, 6.07) is 5.18. The number of fused-ring (bicyclic) bond motifs is 1. The fourth-order valence-corrected chi connectivity index (χ4v) is 3.35. The lowest BCUT2D eigenvalue weighted by atomic mass is 9.95. The first-order valence-electron chi connectivity index (χ1n) is 6.72.